The number of carbonyl (C=O) groups is 1. The molecule has 0 atom stereocenters. The minimum absolute atomic E-state index is 0. The van der Waals surface area contributed by atoms with E-state index in [-0.39, 0.29) is 42.5 Å². The van der Waals surface area contributed by atoms with Crippen LogP contribution in [0.1, 0.15) is 121 Å². The van der Waals surface area contributed by atoms with Crippen LogP contribution in [0, 0.1) is 37.7 Å². The quantitative estimate of drug-likeness (QED) is 0.0673. The van der Waals surface area contributed by atoms with Gasteiger partial charge in [-0.3, -0.25) is 9.78 Å². The first-order valence-electron chi connectivity index (χ1n) is 19.2. The number of ketones is 1. The molecule has 3 aromatic carbocycles. The number of fused-ring (bicyclic) bond motifs is 6. The van der Waals surface area contributed by atoms with E-state index >= 15 is 0 Å². The number of pyridine rings is 1. The number of carbonyl (C=O) groups excluding carboxylic acids is 1. The van der Waals surface area contributed by atoms with Crippen LogP contribution in [0.4, 0.5) is 0 Å². The van der Waals surface area contributed by atoms with Crippen molar-refractivity contribution >= 4 is 49.5 Å². The smallest absolute Gasteiger partial charge is 0.216 e. The molecule has 1 radical (unpaired) electrons. The van der Waals surface area contributed by atoms with Crippen molar-refractivity contribution in [3.8, 4) is 11.3 Å². The summed E-state index contributed by atoms with van der Waals surface area (Å²) in [5.74, 6) is 0.943. The zero-order valence-electron chi connectivity index (χ0n) is 32.9. The van der Waals surface area contributed by atoms with Crippen molar-refractivity contribution in [1.29, 1.82) is 0 Å². The molecule has 281 valence electrons. The van der Waals surface area contributed by atoms with Crippen molar-refractivity contribution in [1.82, 2.24) is 15.0 Å². The SMILES string of the molecule is CCC(C)(CC)C(=O)/C=C(\O)C(C)(CC)CC.Cc1ccc2c(n1)oc1c(-c3ncnc4c3ccc3cc(C)c(C5CCCC5)c(C)c34)[c-]ccc12.[Ir]. The predicted molar refractivity (Wildman–Crippen MR) is 215 cm³/mol. The number of hydrogen-bond acceptors (Lipinski definition) is 6. The summed E-state index contributed by atoms with van der Waals surface area (Å²) in [6.45, 7) is 18.6. The summed E-state index contributed by atoms with van der Waals surface area (Å²) in [4.78, 5) is 26.4. The van der Waals surface area contributed by atoms with Gasteiger partial charge in [-0.15, -0.1) is 18.2 Å². The third-order valence-electron chi connectivity index (χ3n) is 12.5. The van der Waals surface area contributed by atoms with E-state index < -0.39 is 0 Å². The molecule has 53 heavy (non-hydrogen) atoms. The molecule has 0 aliphatic heterocycles. The standard InChI is InChI=1S/C31H26N3O.C15H28O2.Ir/c1-17-15-21-12-14-24-28(25-10-6-9-22-23-13-11-18(2)34-31(23)35-30(22)25)32-16-33-29(24)27(21)19(3)26(17)20-7-4-5-8-20;1-7-14(5,8-2)12(16)11-13(17)15(6,9-3)10-4;/h6,9,11-16,20H,4-5,7-8H2,1-3H3;11,16H,7-10H2,1-6H3;/q-1;;/b;12-11-;. The fourth-order valence-electron chi connectivity index (χ4n) is 8.02. The molecule has 3 aromatic heterocycles. The number of aryl methyl sites for hydroxylation is 3. The molecular weight excluding hydrogens is 835 g/mol. The Kier molecular flexibility index (Phi) is 12.3. The van der Waals surface area contributed by atoms with E-state index in [9.17, 15) is 9.90 Å². The molecule has 6 aromatic rings. The van der Waals surface area contributed by atoms with Crippen molar-refractivity contribution in [2.24, 2.45) is 10.8 Å². The number of furan rings is 1. The van der Waals surface area contributed by atoms with Crippen LogP contribution < -0.4 is 0 Å². The van der Waals surface area contributed by atoms with Gasteiger partial charge in [0.2, 0.25) is 5.71 Å². The number of hydrogen-bond donors (Lipinski definition) is 1. The Labute approximate surface area is 328 Å². The number of allylic oxidation sites excluding steroid dienone is 2. The first kappa shape index (κ1) is 40.3. The Hall–Kier alpha value is -3.93. The second kappa shape index (κ2) is 16.2. The summed E-state index contributed by atoms with van der Waals surface area (Å²) in [6.07, 6.45) is 11.7. The molecule has 0 unspecified atom stereocenters. The summed E-state index contributed by atoms with van der Waals surface area (Å²) in [6, 6.07) is 18.2. The van der Waals surface area contributed by atoms with Gasteiger partial charge in [0.15, 0.2) is 5.78 Å². The van der Waals surface area contributed by atoms with Gasteiger partial charge in [0.05, 0.1) is 11.1 Å². The van der Waals surface area contributed by atoms with Gasteiger partial charge in [0.25, 0.3) is 0 Å². The summed E-state index contributed by atoms with van der Waals surface area (Å²) < 4.78 is 6.28. The van der Waals surface area contributed by atoms with Crippen LogP contribution in [-0.2, 0) is 24.9 Å². The maximum atomic E-state index is 12.2. The third kappa shape index (κ3) is 7.44. The number of aromatic nitrogens is 3. The molecule has 1 saturated carbocycles. The molecule has 1 aliphatic rings. The van der Waals surface area contributed by atoms with Gasteiger partial charge in [-0.1, -0.05) is 83.5 Å². The number of aliphatic hydroxyl groups excluding tert-OH is 1. The Morgan fingerprint density at radius 3 is 2.23 bits per heavy atom. The summed E-state index contributed by atoms with van der Waals surface area (Å²) in [5.41, 5.74) is 8.75. The van der Waals surface area contributed by atoms with E-state index in [0.717, 1.165) is 69.9 Å². The molecule has 1 fully saturated rings. The van der Waals surface area contributed by atoms with E-state index in [1.165, 1.54) is 59.2 Å². The maximum absolute atomic E-state index is 12.2. The predicted octanol–water partition coefficient (Wildman–Crippen LogP) is 12.8. The molecule has 1 aliphatic carbocycles. The van der Waals surface area contributed by atoms with E-state index in [1.54, 1.807) is 6.33 Å². The van der Waals surface area contributed by atoms with Crippen molar-refractivity contribution in [3.05, 3.63) is 89.1 Å². The monoisotopic (exact) mass is 889 g/mol. The van der Waals surface area contributed by atoms with Gasteiger partial charge in [0, 0.05) is 59.2 Å². The average molecular weight is 889 g/mol. The Morgan fingerprint density at radius 1 is 0.906 bits per heavy atom. The van der Waals surface area contributed by atoms with Crippen molar-refractivity contribution in [3.63, 3.8) is 0 Å². The average Bonchev–Trinajstić information content (AvgIpc) is 3.81. The summed E-state index contributed by atoms with van der Waals surface area (Å²) in [7, 11) is 0. The normalized spacial score (nSPS) is 14.2. The van der Waals surface area contributed by atoms with Crippen LogP contribution in [-0.4, -0.2) is 25.8 Å². The first-order chi connectivity index (χ1) is 24.9. The topological polar surface area (TPSA) is 89.1 Å². The minimum atomic E-state index is -0.337. The van der Waals surface area contributed by atoms with E-state index in [2.05, 4.69) is 49.2 Å². The van der Waals surface area contributed by atoms with Crippen molar-refractivity contribution < 1.29 is 34.4 Å². The van der Waals surface area contributed by atoms with Gasteiger partial charge >= 0.3 is 0 Å². The van der Waals surface area contributed by atoms with Crippen LogP contribution in [0.15, 0.2) is 65.0 Å². The van der Waals surface area contributed by atoms with Gasteiger partial charge in [-0.2, -0.15) is 0 Å². The van der Waals surface area contributed by atoms with E-state index in [0.29, 0.717) is 11.6 Å². The van der Waals surface area contributed by atoms with Gasteiger partial charge < -0.3 is 9.52 Å². The van der Waals surface area contributed by atoms with Crippen LogP contribution in [0.25, 0.3) is 55.0 Å². The van der Waals surface area contributed by atoms with Crippen LogP contribution in [0.5, 0.6) is 0 Å². The molecule has 0 spiro atoms. The molecule has 6 nitrogen and oxygen atoms in total. The molecule has 0 saturated heterocycles. The molecule has 7 rings (SSSR count). The van der Waals surface area contributed by atoms with Crippen LogP contribution in [0.3, 0.4) is 0 Å². The number of aliphatic hydroxyl groups is 1. The molecule has 0 bridgehead atoms. The van der Waals surface area contributed by atoms with Crippen molar-refractivity contribution in [2.75, 3.05) is 0 Å². The molecule has 1 N–H and O–H groups in total. The zero-order valence-corrected chi connectivity index (χ0v) is 35.3. The molecule has 0 amide bonds. The Balaban J connectivity index is 0.000000259. The molecular formula is C46H54IrN3O3-. The van der Waals surface area contributed by atoms with E-state index in [4.69, 9.17) is 14.4 Å². The zero-order chi connectivity index (χ0) is 37.4. The third-order valence-corrected chi connectivity index (χ3v) is 12.5. The second-order valence-electron chi connectivity index (χ2n) is 15.4. The van der Waals surface area contributed by atoms with Crippen molar-refractivity contribution in [2.45, 2.75) is 120 Å². The number of nitrogens with zero attached hydrogens (tertiary/aromatic N) is 3. The van der Waals surface area contributed by atoms with Gasteiger partial charge in [-0.25, -0.2) is 9.97 Å². The van der Waals surface area contributed by atoms with E-state index in [1.807, 2.05) is 66.7 Å². The number of rotatable bonds is 9. The Bertz CT molecular complexity index is 2310. The second-order valence-corrected chi connectivity index (χ2v) is 15.4. The largest absolute Gasteiger partial charge is 0.512 e. The van der Waals surface area contributed by atoms with Crippen LogP contribution in [0.2, 0.25) is 0 Å². The minimum Gasteiger partial charge on any atom is -0.512 e. The molecule has 7 heteroatoms. The maximum Gasteiger partial charge on any atom is 0.216 e. The first-order valence-corrected chi connectivity index (χ1v) is 19.2. The van der Waals surface area contributed by atoms with Gasteiger partial charge in [0.1, 0.15) is 12.1 Å². The van der Waals surface area contributed by atoms with Crippen LogP contribution >= 0.6 is 0 Å². The summed E-state index contributed by atoms with van der Waals surface area (Å²) in [5, 5.41) is 15.7. The summed E-state index contributed by atoms with van der Waals surface area (Å²) >= 11 is 0. The number of benzene rings is 3. The van der Waals surface area contributed by atoms with Gasteiger partial charge in [-0.05, 0) is 105 Å². The fourth-order valence-corrected chi connectivity index (χ4v) is 8.02. The Morgan fingerprint density at radius 2 is 1.57 bits per heavy atom. The fraction of sp³-hybridized carbons (Fsp3) is 0.435. The molecule has 3 heterocycles.